The van der Waals surface area contributed by atoms with E-state index in [1.54, 1.807) is 11.8 Å². The van der Waals surface area contributed by atoms with E-state index in [2.05, 4.69) is 22.8 Å². The van der Waals surface area contributed by atoms with Crippen molar-refractivity contribution in [2.75, 3.05) is 6.54 Å². The van der Waals surface area contributed by atoms with Crippen molar-refractivity contribution in [3.05, 3.63) is 29.8 Å². The Morgan fingerprint density at radius 3 is 2.62 bits per heavy atom. The Hall–Kier alpha value is -1.49. The van der Waals surface area contributed by atoms with E-state index >= 15 is 0 Å². The minimum Gasteiger partial charge on any atom is -0.354 e. The van der Waals surface area contributed by atoms with Gasteiger partial charge in [-0.1, -0.05) is 31.0 Å². The molecule has 1 aliphatic heterocycles. The zero-order chi connectivity index (χ0) is 16.6. The number of hydrogen-bond acceptors (Lipinski definition) is 3. The molecule has 2 aliphatic carbocycles. The predicted octanol–water partition coefficient (Wildman–Crippen LogP) is 2.66. The summed E-state index contributed by atoms with van der Waals surface area (Å²) in [5.41, 5.74) is 0.558. The number of thioether (sulfide) groups is 1. The van der Waals surface area contributed by atoms with Crippen molar-refractivity contribution >= 4 is 23.6 Å². The molecule has 2 saturated carbocycles. The molecule has 4 nitrogen and oxygen atoms in total. The van der Waals surface area contributed by atoms with Crippen LogP contribution in [0.3, 0.4) is 0 Å². The maximum Gasteiger partial charge on any atom is 0.245 e. The molecule has 128 valence electrons. The van der Waals surface area contributed by atoms with Crippen LogP contribution >= 0.6 is 11.8 Å². The van der Waals surface area contributed by atoms with Crippen LogP contribution in [0.2, 0.25) is 0 Å². The molecule has 0 aromatic heterocycles. The van der Waals surface area contributed by atoms with Crippen LogP contribution in [0.15, 0.2) is 29.2 Å². The Labute approximate surface area is 147 Å². The van der Waals surface area contributed by atoms with Crippen LogP contribution in [0.1, 0.15) is 44.1 Å². The predicted molar refractivity (Wildman–Crippen MR) is 94.9 cm³/mol. The van der Waals surface area contributed by atoms with Crippen molar-refractivity contribution in [3.8, 4) is 0 Å². The van der Waals surface area contributed by atoms with Gasteiger partial charge in [-0.05, 0) is 49.7 Å². The van der Waals surface area contributed by atoms with Crippen LogP contribution in [0.25, 0.3) is 0 Å². The summed E-state index contributed by atoms with van der Waals surface area (Å²) >= 11 is 1.62. The van der Waals surface area contributed by atoms with Crippen molar-refractivity contribution in [1.29, 1.82) is 0 Å². The minimum atomic E-state index is -0.679. The molecule has 2 amide bonds. The Morgan fingerprint density at radius 2 is 1.92 bits per heavy atom. The van der Waals surface area contributed by atoms with Crippen LogP contribution < -0.4 is 10.6 Å². The van der Waals surface area contributed by atoms with Gasteiger partial charge in [-0.15, -0.1) is 11.8 Å². The lowest BCUT2D eigenvalue weighted by molar-refractivity contribution is -0.133. The fraction of sp³-hybridized carbons (Fsp3) is 0.579. The normalized spacial score (nSPS) is 24.4. The van der Waals surface area contributed by atoms with Gasteiger partial charge >= 0.3 is 0 Å². The monoisotopic (exact) mass is 344 g/mol. The highest BCUT2D eigenvalue weighted by atomic mass is 32.2. The summed E-state index contributed by atoms with van der Waals surface area (Å²) < 4.78 is 0. The topological polar surface area (TPSA) is 58.2 Å². The minimum absolute atomic E-state index is 0.0136. The first-order chi connectivity index (χ1) is 11.7. The lowest BCUT2D eigenvalue weighted by Gasteiger charge is -2.30. The average molecular weight is 344 g/mol. The number of benzene rings is 1. The molecule has 2 N–H and O–H groups in total. The van der Waals surface area contributed by atoms with E-state index in [1.807, 2.05) is 12.1 Å². The Bertz CT molecular complexity index is 626. The fourth-order valence-corrected chi connectivity index (χ4v) is 4.96. The number of rotatable bonds is 5. The molecule has 0 bridgehead atoms. The Kier molecular flexibility index (Phi) is 4.29. The first-order valence-corrected chi connectivity index (χ1v) is 9.89. The summed E-state index contributed by atoms with van der Waals surface area (Å²) in [5, 5.41) is 6.11. The van der Waals surface area contributed by atoms with Crippen LogP contribution in [0, 0.1) is 5.92 Å². The highest BCUT2D eigenvalue weighted by Crippen LogP contribution is 2.38. The SMILES string of the molecule is O=C(NC1(C(=O)NCC2CC2)CCCC1)C1Cc2ccccc2S1. The van der Waals surface area contributed by atoms with Gasteiger partial charge in [-0.25, -0.2) is 0 Å². The van der Waals surface area contributed by atoms with Gasteiger partial charge in [0.05, 0.1) is 5.25 Å². The number of carbonyl (C=O) groups excluding carboxylic acids is 2. The molecule has 24 heavy (non-hydrogen) atoms. The van der Waals surface area contributed by atoms with Gasteiger partial charge in [0, 0.05) is 11.4 Å². The Balaban J connectivity index is 1.41. The second kappa shape index (κ2) is 6.43. The number of carbonyl (C=O) groups is 2. The standard InChI is InChI=1S/C19H24N2O2S/c22-17(16-11-14-5-1-2-6-15(14)24-16)21-19(9-3-4-10-19)18(23)20-12-13-7-8-13/h1-2,5-6,13,16H,3-4,7-12H2,(H,20,23)(H,21,22). The molecular weight excluding hydrogens is 320 g/mol. The summed E-state index contributed by atoms with van der Waals surface area (Å²) in [7, 11) is 0. The lowest BCUT2D eigenvalue weighted by atomic mass is 9.95. The van der Waals surface area contributed by atoms with Gasteiger partial charge in [0.15, 0.2) is 0 Å². The third-order valence-electron chi connectivity index (χ3n) is 5.44. The zero-order valence-corrected chi connectivity index (χ0v) is 14.7. The van der Waals surface area contributed by atoms with Gasteiger partial charge in [0.25, 0.3) is 0 Å². The zero-order valence-electron chi connectivity index (χ0n) is 13.8. The lowest BCUT2D eigenvalue weighted by Crippen LogP contribution is -2.59. The van der Waals surface area contributed by atoms with Gasteiger partial charge < -0.3 is 10.6 Å². The summed E-state index contributed by atoms with van der Waals surface area (Å²) in [6.07, 6.45) is 6.74. The molecule has 5 heteroatoms. The summed E-state index contributed by atoms with van der Waals surface area (Å²) in [6, 6.07) is 8.18. The molecule has 1 atom stereocenters. The van der Waals surface area contributed by atoms with Crippen molar-refractivity contribution in [3.63, 3.8) is 0 Å². The van der Waals surface area contributed by atoms with Crippen LogP contribution in [-0.4, -0.2) is 29.1 Å². The molecule has 1 aromatic carbocycles. The second-order valence-corrected chi connectivity index (χ2v) is 8.59. The summed E-state index contributed by atoms with van der Waals surface area (Å²) in [6.45, 7) is 0.764. The van der Waals surface area contributed by atoms with E-state index in [9.17, 15) is 9.59 Å². The van der Waals surface area contributed by atoms with Crippen molar-refractivity contribution < 1.29 is 9.59 Å². The molecule has 1 unspecified atom stereocenters. The molecule has 2 fully saturated rings. The van der Waals surface area contributed by atoms with Crippen molar-refractivity contribution in [2.45, 2.75) is 60.6 Å². The maximum atomic E-state index is 12.8. The van der Waals surface area contributed by atoms with Gasteiger partial charge in [-0.2, -0.15) is 0 Å². The quantitative estimate of drug-likeness (QED) is 0.863. The highest BCUT2D eigenvalue weighted by molar-refractivity contribution is 8.01. The first kappa shape index (κ1) is 16.0. The van der Waals surface area contributed by atoms with Crippen molar-refractivity contribution in [2.24, 2.45) is 5.92 Å². The van der Waals surface area contributed by atoms with Crippen LogP contribution in [0.4, 0.5) is 0 Å². The van der Waals surface area contributed by atoms with E-state index in [4.69, 9.17) is 0 Å². The number of nitrogens with one attached hydrogen (secondary N) is 2. The molecule has 4 rings (SSSR count). The van der Waals surface area contributed by atoms with E-state index in [0.717, 1.165) is 38.6 Å². The first-order valence-electron chi connectivity index (χ1n) is 9.01. The summed E-state index contributed by atoms with van der Waals surface area (Å²) in [5.74, 6) is 0.698. The third kappa shape index (κ3) is 3.18. The van der Waals surface area contributed by atoms with Gasteiger partial charge in [-0.3, -0.25) is 9.59 Å². The van der Waals surface area contributed by atoms with Crippen LogP contribution in [0.5, 0.6) is 0 Å². The smallest absolute Gasteiger partial charge is 0.245 e. The largest absolute Gasteiger partial charge is 0.354 e. The third-order valence-corrected chi connectivity index (χ3v) is 6.76. The number of hydrogen-bond donors (Lipinski definition) is 2. The second-order valence-electron chi connectivity index (χ2n) is 7.35. The highest BCUT2D eigenvalue weighted by Gasteiger charge is 2.44. The molecule has 0 radical (unpaired) electrons. The van der Waals surface area contributed by atoms with Gasteiger partial charge in [0.2, 0.25) is 11.8 Å². The molecule has 1 aromatic rings. The molecule has 1 heterocycles. The Morgan fingerprint density at radius 1 is 1.17 bits per heavy atom. The van der Waals surface area contributed by atoms with E-state index in [1.165, 1.54) is 23.3 Å². The number of amides is 2. The van der Waals surface area contributed by atoms with E-state index in [0.29, 0.717) is 5.92 Å². The average Bonchev–Trinajstić information content (AvgIpc) is 3.11. The van der Waals surface area contributed by atoms with Crippen LogP contribution in [-0.2, 0) is 16.0 Å². The van der Waals surface area contributed by atoms with E-state index in [-0.39, 0.29) is 17.1 Å². The van der Waals surface area contributed by atoms with E-state index < -0.39 is 5.54 Å². The molecular formula is C19H24N2O2S. The van der Waals surface area contributed by atoms with Crippen molar-refractivity contribution in [1.82, 2.24) is 10.6 Å². The van der Waals surface area contributed by atoms with Gasteiger partial charge in [0.1, 0.15) is 5.54 Å². The number of fused-ring (bicyclic) bond motifs is 1. The molecule has 0 saturated heterocycles. The maximum absolute atomic E-state index is 12.8. The summed E-state index contributed by atoms with van der Waals surface area (Å²) in [4.78, 5) is 26.7. The fourth-order valence-electron chi connectivity index (χ4n) is 3.76. The molecule has 3 aliphatic rings. The molecule has 0 spiro atoms.